The van der Waals surface area contributed by atoms with Gasteiger partial charge in [0.25, 0.3) is 0 Å². The molecule has 12 nitrogen and oxygen atoms in total. The van der Waals surface area contributed by atoms with Crippen molar-refractivity contribution in [2.24, 2.45) is 0 Å². The summed E-state index contributed by atoms with van der Waals surface area (Å²) >= 11 is 0. The van der Waals surface area contributed by atoms with Gasteiger partial charge in [0.2, 0.25) is 0 Å². The lowest BCUT2D eigenvalue weighted by atomic mass is 10.4. The van der Waals surface area contributed by atoms with Crippen LogP contribution in [0.4, 0.5) is 0 Å². The molecule has 0 N–H and O–H groups in total. The molecule has 1 aliphatic carbocycles. The van der Waals surface area contributed by atoms with Crippen LogP contribution in [0, 0.1) is 0 Å². The van der Waals surface area contributed by atoms with E-state index in [0.717, 1.165) is 0 Å². The Morgan fingerprint density at radius 3 is 0.500 bits per heavy atom. The van der Waals surface area contributed by atoms with Gasteiger partial charge in [0, 0.05) is 41.5 Å². The molecule has 8 bridgehead atoms. The fourth-order valence-electron chi connectivity index (χ4n) is 9.07. The SMILES string of the molecule is C1=C=CC([Si]23O[Si]4(c5ccccc5)O[Si]5(c6ccccc6)O[Si](c6ccccc6)(O2)O[Si]2(c6ccccc6)O[Si](c6ccccc6)(O3)O[Si](c3ccccc3)(O4)O[Si](c3ccccc3)(O5)O2)=CC=1.C=CC.C=CC.C=CC.C=CC.C=CC.C=CC.C=CC.C=CC. The third-order valence-corrected chi connectivity index (χ3v) is 46.2. The van der Waals surface area contributed by atoms with E-state index >= 15 is 0 Å². The van der Waals surface area contributed by atoms with Crippen molar-refractivity contribution >= 4 is 107 Å². The predicted molar refractivity (Wildman–Crippen MR) is 393 cm³/mol. The summed E-state index contributed by atoms with van der Waals surface area (Å²) in [6, 6.07) is 67.0. The first-order valence-electron chi connectivity index (χ1n) is 29.9. The number of allylic oxidation sites excluding steroid dienone is 12. The molecule has 7 aromatic rings. The zero-order chi connectivity index (χ0) is 67.0. The zero-order valence-corrected chi connectivity index (χ0v) is 62.1. The van der Waals surface area contributed by atoms with E-state index in [1.807, 2.05) is 274 Å². The van der Waals surface area contributed by atoms with Crippen LogP contribution in [0.25, 0.3) is 0 Å². The van der Waals surface area contributed by atoms with Gasteiger partial charge >= 0.3 is 70.4 Å². The first-order valence-corrected chi connectivity index (χ1v) is 43.7. The second-order valence-corrected chi connectivity index (χ2v) is 43.0. The van der Waals surface area contributed by atoms with Crippen LogP contribution in [0.1, 0.15) is 55.4 Å². The molecule has 6 heterocycles. The second-order valence-electron chi connectivity index (χ2n) is 19.7. The number of benzene rings is 7. The minimum absolute atomic E-state index is 0.484. The molecule has 20 heteroatoms. The molecule has 0 atom stereocenters. The summed E-state index contributed by atoms with van der Waals surface area (Å²) in [5.74, 6) is 0. The highest BCUT2D eigenvalue weighted by molar-refractivity contribution is 7.14. The van der Waals surface area contributed by atoms with Gasteiger partial charge in [0.1, 0.15) is 0 Å². The summed E-state index contributed by atoms with van der Waals surface area (Å²) in [4.78, 5) is 0. The van der Waals surface area contributed by atoms with Crippen LogP contribution in [-0.2, 0) is 49.4 Å². The lowest BCUT2D eigenvalue weighted by molar-refractivity contribution is -0.00401. The van der Waals surface area contributed by atoms with Crippen LogP contribution in [0.2, 0.25) is 0 Å². The van der Waals surface area contributed by atoms with Crippen LogP contribution in [0.3, 0.4) is 0 Å². The van der Waals surface area contributed by atoms with Crippen LogP contribution < -0.4 is 36.3 Å². The standard InChI is InChI=1S/C48H38O12Si8.8C3H6/c1-9-25-41(26-10-1)61-49-62(42-27-11-2-12-28-42)52-65(45-33-17-5-18-34-45)54-63(50-61,43-29-13-3-14-30-43)56-67(47-37-21-7-22-38-47)57-64(51-61,44-31-15-4-16-32-44)55-66(53-62,46-35-19-6-20-36-46)59-68(58-65,60-67)48-39-23-8-24-40-48;8*1-3-2/h1-7,9-23,25-40H;8*3H,1H2,2H3. The van der Waals surface area contributed by atoms with Crippen molar-refractivity contribution < 1.29 is 49.4 Å². The summed E-state index contributed by atoms with van der Waals surface area (Å²) in [5.41, 5.74) is 6.22. The van der Waals surface area contributed by atoms with Crippen molar-refractivity contribution in [2.75, 3.05) is 0 Å². The molecule has 7 aromatic carbocycles. The first-order chi connectivity index (χ1) is 44.6. The summed E-state index contributed by atoms with van der Waals surface area (Å²) in [6.45, 7) is 42.0. The molecule has 0 amide bonds. The van der Waals surface area contributed by atoms with Crippen molar-refractivity contribution in [2.45, 2.75) is 55.4 Å². The summed E-state index contributed by atoms with van der Waals surface area (Å²) < 4.78 is 97.0. The largest absolute Gasteiger partial charge is 0.516 e. The van der Waals surface area contributed by atoms with Gasteiger partial charge in [-0.1, -0.05) is 272 Å². The highest BCUT2D eigenvalue weighted by Gasteiger charge is 2.86. The van der Waals surface area contributed by atoms with E-state index in [1.165, 1.54) is 0 Å². The third kappa shape index (κ3) is 17.7. The second kappa shape index (κ2) is 36.9. The minimum atomic E-state index is -4.78. The van der Waals surface area contributed by atoms with E-state index in [2.05, 4.69) is 64.1 Å². The van der Waals surface area contributed by atoms with E-state index < -0.39 is 70.4 Å². The normalized spacial score (nSPS) is 26.5. The van der Waals surface area contributed by atoms with Gasteiger partial charge in [-0.2, -0.15) is 0 Å². The Bertz CT molecular complexity index is 3230. The molecule has 6 fully saturated rings. The zero-order valence-electron chi connectivity index (χ0n) is 54.1. The Morgan fingerprint density at radius 1 is 0.228 bits per heavy atom. The lowest BCUT2D eigenvalue weighted by Crippen LogP contribution is -2.95. The first kappa shape index (κ1) is 75.5. The topological polar surface area (TPSA) is 111 Å². The van der Waals surface area contributed by atoms with Crippen molar-refractivity contribution in [1.29, 1.82) is 0 Å². The quantitative estimate of drug-likeness (QED) is 0.0821. The highest BCUT2D eigenvalue weighted by Crippen LogP contribution is 2.50. The highest BCUT2D eigenvalue weighted by atomic mass is 28.6. The Morgan fingerprint density at radius 2 is 0.370 bits per heavy atom. The molecule has 6 aliphatic heterocycles. The van der Waals surface area contributed by atoms with Gasteiger partial charge in [-0.3, -0.25) is 0 Å². The third-order valence-electron chi connectivity index (χ3n) is 12.1. The van der Waals surface area contributed by atoms with Crippen molar-refractivity contribution in [3.63, 3.8) is 0 Å². The molecule has 0 radical (unpaired) electrons. The Labute approximate surface area is 556 Å². The van der Waals surface area contributed by atoms with Crippen LogP contribution in [0.15, 0.2) is 348 Å². The molecule has 14 rings (SSSR count). The maximum atomic E-state index is 8.09. The van der Waals surface area contributed by atoms with Crippen molar-refractivity contribution in [1.82, 2.24) is 0 Å². The average molecular weight is 1370 g/mol. The van der Waals surface area contributed by atoms with E-state index in [4.69, 9.17) is 49.4 Å². The molecule has 0 saturated carbocycles. The van der Waals surface area contributed by atoms with E-state index in [0.29, 0.717) is 41.5 Å². The minimum Gasteiger partial charge on any atom is -0.366 e. The molecule has 0 aromatic heterocycles. The number of rotatable bonds is 8. The predicted octanol–water partition coefficient (Wildman–Crippen LogP) is 13.0. The Balaban J connectivity index is 0.000000562. The van der Waals surface area contributed by atoms with Crippen molar-refractivity contribution in [3.8, 4) is 0 Å². The monoisotopic (exact) mass is 1370 g/mol. The van der Waals surface area contributed by atoms with Gasteiger partial charge in [-0.25, -0.2) is 0 Å². The van der Waals surface area contributed by atoms with Gasteiger partial charge in [-0.15, -0.1) is 52.6 Å². The summed E-state index contributed by atoms with van der Waals surface area (Å²) in [6.07, 6.45) is 19.3. The molecular weight excluding hydrogens is 1280 g/mol. The Hall–Kier alpha value is -7.24. The molecule has 478 valence electrons. The fraction of sp³-hybridized carbons (Fsp3) is 0.111. The molecule has 7 aliphatic rings. The van der Waals surface area contributed by atoms with E-state index in [-0.39, 0.29) is 0 Å². The van der Waals surface area contributed by atoms with Gasteiger partial charge in [0.05, 0.1) is 0 Å². The van der Waals surface area contributed by atoms with Crippen molar-refractivity contribution in [3.05, 3.63) is 348 Å². The maximum Gasteiger partial charge on any atom is 0.516 e. The molecule has 0 spiro atoms. The van der Waals surface area contributed by atoms with Crippen LogP contribution in [0.5, 0.6) is 0 Å². The summed E-state index contributed by atoms with van der Waals surface area (Å²) in [5, 5.41) is 4.38. The van der Waals surface area contributed by atoms with E-state index in [1.54, 1.807) is 60.8 Å². The molecule has 6 saturated heterocycles. The van der Waals surface area contributed by atoms with E-state index in [9.17, 15) is 0 Å². The molecule has 92 heavy (non-hydrogen) atoms. The number of hydrogen-bond acceptors (Lipinski definition) is 12. The molecule has 0 unspecified atom stereocenters. The van der Waals surface area contributed by atoms with Gasteiger partial charge in [0.15, 0.2) is 0 Å². The molecular formula is C72H86O12Si8. The Kier molecular flexibility index (Phi) is 30.2. The summed E-state index contributed by atoms with van der Waals surface area (Å²) in [7, 11) is -38.0. The fourth-order valence-corrected chi connectivity index (χ4v) is 55.1. The van der Waals surface area contributed by atoms with Crippen LogP contribution in [-0.4, -0.2) is 70.4 Å². The lowest BCUT2D eigenvalue weighted by Gasteiger charge is -2.62. The average Bonchev–Trinajstić information content (AvgIpc) is 0.670. The van der Waals surface area contributed by atoms with Crippen LogP contribution >= 0.6 is 0 Å². The number of hydrogen-bond donors (Lipinski definition) is 0. The van der Waals surface area contributed by atoms with Gasteiger partial charge in [-0.05, 0) is 73.6 Å². The maximum absolute atomic E-state index is 8.09. The smallest absolute Gasteiger partial charge is 0.366 e. The van der Waals surface area contributed by atoms with Gasteiger partial charge < -0.3 is 49.4 Å².